The van der Waals surface area contributed by atoms with Crippen molar-refractivity contribution in [2.45, 2.75) is 57.4 Å². The Kier molecular flexibility index (Phi) is 4.63. The minimum atomic E-state index is -0.546. The lowest BCUT2D eigenvalue weighted by molar-refractivity contribution is -0.128. The van der Waals surface area contributed by atoms with Gasteiger partial charge in [0.1, 0.15) is 0 Å². The number of ether oxygens (including phenoxy) is 2. The number of aromatic amines is 1. The normalized spacial score (nSPS) is 31.7. The molecule has 0 unspecified atom stereocenters. The quantitative estimate of drug-likeness (QED) is 0.775. The van der Waals surface area contributed by atoms with E-state index in [1.807, 2.05) is 6.92 Å². The van der Waals surface area contributed by atoms with E-state index in [1.54, 1.807) is 0 Å². The van der Waals surface area contributed by atoms with E-state index >= 15 is 0 Å². The standard InChI is InChI=1S/C19H27N3O4/c1-2-3-25-16-7-17(21-18(24)20-16)26-11-15(23)22-19-8-12-4-13(9-19)6-14(5-12)10-19/h7,12-14H,2-6,8-11H2,1H3,(H,22,23)(H,20,21,24). The van der Waals surface area contributed by atoms with Crippen LogP contribution in [0.5, 0.6) is 11.8 Å². The van der Waals surface area contributed by atoms with Gasteiger partial charge in [0, 0.05) is 5.54 Å². The number of nitrogens with zero attached hydrogens (tertiary/aromatic N) is 1. The number of carbonyl (C=O) groups is 1. The molecule has 0 atom stereocenters. The fraction of sp³-hybridized carbons (Fsp3) is 0.737. The number of H-pyrrole nitrogens is 1. The van der Waals surface area contributed by atoms with Crippen LogP contribution in [0.3, 0.4) is 0 Å². The largest absolute Gasteiger partial charge is 0.479 e. The van der Waals surface area contributed by atoms with Gasteiger partial charge in [-0.1, -0.05) is 6.92 Å². The van der Waals surface area contributed by atoms with Crippen LogP contribution < -0.4 is 20.5 Å². The monoisotopic (exact) mass is 361 g/mol. The number of amides is 1. The first-order valence-corrected chi connectivity index (χ1v) is 9.71. The van der Waals surface area contributed by atoms with E-state index in [-0.39, 0.29) is 23.9 Å². The van der Waals surface area contributed by atoms with Crippen LogP contribution >= 0.6 is 0 Å². The van der Waals surface area contributed by atoms with Crippen molar-refractivity contribution >= 4 is 5.91 Å². The van der Waals surface area contributed by atoms with Crippen LogP contribution in [0.4, 0.5) is 0 Å². The number of carbonyl (C=O) groups excluding carboxylic acids is 1. The number of aromatic nitrogens is 2. The topological polar surface area (TPSA) is 93.3 Å². The van der Waals surface area contributed by atoms with Crippen LogP contribution in [0.2, 0.25) is 0 Å². The number of hydrogen-bond acceptors (Lipinski definition) is 5. The SMILES string of the molecule is CCCOc1cc(OCC(=O)NC23CC4CC(CC(C4)C2)C3)nc(=O)[nH]1. The molecule has 4 fully saturated rings. The van der Waals surface area contributed by atoms with Gasteiger partial charge in [0.25, 0.3) is 5.91 Å². The van der Waals surface area contributed by atoms with Crippen molar-refractivity contribution in [3.05, 3.63) is 16.6 Å². The lowest BCUT2D eigenvalue weighted by atomic mass is 9.53. The molecule has 26 heavy (non-hydrogen) atoms. The van der Waals surface area contributed by atoms with E-state index in [0.717, 1.165) is 43.4 Å². The maximum Gasteiger partial charge on any atom is 0.351 e. The summed E-state index contributed by atoms with van der Waals surface area (Å²) in [6.45, 7) is 2.34. The third kappa shape index (κ3) is 3.71. The van der Waals surface area contributed by atoms with Crippen LogP contribution in [-0.2, 0) is 4.79 Å². The molecule has 0 aromatic carbocycles. The molecule has 7 nitrogen and oxygen atoms in total. The van der Waals surface area contributed by atoms with Crippen molar-refractivity contribution in [2.75, 3.05) is 13.2 Å². The molecule has 1 aromatic rings. The molecule has 1 amide bonds. The first-order chi connectivity index (χ1) is 12.5. The minimum absolute atomic E-state index is 0.0355. The molecule has 0 spiro atoms. The third-order valence-corrected chi connectivity index (χ3v) is 5.95. The van der Waals surface area contributed by atoms with E-state index in [1.165, 1.54) is 25.3 Å². The molecular formula is C19H27N3O4. The Hall–Kier alpha value is -2.05. The molecule has 7 heteroatoms. The van der Waals surface area contributed by atoms with Gasteiger partial charge < -0.3 is 14.8 Å². The summed E-state index contributed by atoms with van der Waals surface area (Å²) in [5, 5.41) is 3.25. The molecule has 4 aliphatic rings. The van der Waals surface area contributed by atoms with Crippen molar-refractivity contribution < 1.29 is 14.3 Å². The van der Waals surface area contributed by atoms with E-state index in [0.29, 0.717) is 12.5 Å². The molecule has 1 aromatic heterocycles. The van der Waals surface area contributed by atoms with Gasteiger partial charge in [0.2, 0.25) is 5.88 Å². The van der Waals surface area contributed by atoms with Crippen LogP contribution in [-0.4, -0.2) is 34.6 Å². The summed E-state index contributed by atoms with van der Waals surface area (Å²) in [4.78, 5) is 30.3. The highest BCUT2D eigenvalue weighted by Crippen LogP contribution is 2.55. The summed E-state index contributed by atoms with van der Waals surface area (Å²) in [6, 6.07) is 1.51. The molecule has 1 heterocycles. The smallest absolute Gasteiger partial charge is 0.351 e. The summed E-state index contributed by atoms with van der Waals surface area (Å²) in [5.74, 6) is 2.61. The van der Waals surface area contributed by atoms with Crippen molar-refractivity contribution in [1.29, 1.82) is 0 Å². The second-order valence-electron chi connectivity index (χ2n) is 8.27. The highest BCUT2D eigenvalue weighted by Gasteiger charge is 2.51. The van der Waals surface area contributed by atoms with Gasteiger partial charge in [-0.2, -0.15) is 4.98 Å². The highest BCUT2D eigenvalue weighted by molar-refractivity contribution is 5.78. The molecule has 4 saturated carbocycles. The Bertz CT molecular complexity index is 694. The van der Waals surface area contributed by atoms with E-state index < -0.39 is 5.69 Å². The zero-order valence-electron chi connectivity index (χ0n) is 15.3. The van der Waals surface area contributed by atoms with Crippen LogP contribution in [0.15, 0.2) is 10.9 Å². The summed E-state index contributed by atoms with van der Waals surface area (Å²) in [7, 11) is 0. The predicted octanol–water partition coefficient (Wildman–Crippen LogP) is 2.02. The van der Waals surface area contributed by atoms with Gasteiger partial charge in [-0.25, -0.2) is 4.79 Å². The van der Waals surface area contributed by atoms with E-state index in [2.05, 4.69) is 15.3 Å². The highest BCUT2D eigenvalue weighted by atomic mass is 16.5. The van der Waals surface area contributed by atoms with Gasteiger partial charge in [-0.05, 0) is 62.7 Å². The first-order valence-electron chi connectivity index (χ1n) is 9.71. The third-order valence-electron chi connectivity index (χ3n) is 5.95. The first kappa shape index (κ1) is 17.4. The lowest BCUT2D eigenvalue weighted by Gasteiger charge is -2.56. The second kappa shape index (κ2) is 6.93. The van der Waals surface area contributed by atoms with Gasteiger partial charge in [0.15, 0.2) is 12.5 Å². The zero-order valence-corrected chi connectivity index (χ0v) is 15.3. The molecule has 0 radical (unpaired) electrons. The Labute approximate surface area is 152 Å². The van der Waals surface area contributed by atoms with Crippen molar-refractivity contribution in [3.8, 4) is 11.8 Å². The molecule has 2 N–H and O–H groups in total. The van der Waals surface area contributed by atoms with Gasteiger partial charge in [-0.15, -0.1) is 0 Å². The molecule has 5 rings (SSSR count). The molecule has 4 bridgehead atoms. The van der Waals surface area contributed by atoms with Crippen LogP contribution in [0.25, 0.3) is 0 Å². The zero-order chi connectivity index (χ0) is 18.1. The van der Waals surface area contributed by atoms with Gasteiger partial charge >= 0.3 is 5.69 Å². The molecule has 4 aliphatic carbocycles. The summed E-state index contributed by atoms with van der Waals surface area (Å²) >= 11 is 0. The Balaban J connectivity index is 1.34. The lowest BCUT2D eigenvalue weighted by Crippen LogP contribution is -2.60. The molecule has 142 valence electrons. The van der Waals surface area contributed by atoms with Gasteiger partial charge in [0.05, 0.1) is 12.7 Å². The number of hydrogen-bond donors (Lipinski definition) is 2. The minimum Gasteiger partial charge on any atom is -0.479 e. The Morgan fingerprint density at radius 1 is 1.23 bits per heavy atom. The van der Waals surface area contributed by atoms with Crippen molar-refractivity contribution in [2.24, 2.45) is 17.8 Å². The average molecular weight is 361 g/mol. The number of rotatable bonds is 7. The van der Waals surface area contributed by atoms with Gasteiger partial charge in [-0.3, -0.25) is 9.78 Å². The fourth-order valence-electron chi connectivity index (χ4n) is 5.51. The Morgan fingerprint density at radius 2 is 1.88 bits per heavy atom. The molecule has 0 saturated heterocycles. The van der Waals surface area contributed by atoms with Crippen LogP contribution in [0, 0.1) is 17.8 Å². The summed E-state index contributed by atoms with van der Waals surface area (Å²) in [6.07, 6.45) is 8.14. The molecule has 0 aliphatic heterocycles. The van der Waals surface area contributed by atoms with Crippen LogP contribution in [0.1, 0.15) is 51.9 Å². The summed E-state index contributed by atoms with van der Waals surface area (Å²) in [5.41, 5.74) is -0.582. The van der Waals surface area contributed by atoms with Crippen molar-refractivity contribution in [1.82, 2.24) is 15.3 Å². The maximum atomic E-state index is 12.5. The Morgan fingerprint density at radius 3 is 2.50 bits per heavy atom. The number of nitrogens with one attached hydrogen (secondary N) is 2. The average Bonchev–Trinajstić information content (AvgIpc) is 2.56. The van der Waals surface area contributed by atoms with Crippen molar-refractivity contribution in [3.63, 3.8) is 0 Å². The fourth-order valence-corrected chi connectivity index (χ4v) is 5.51. The molecular weight excluding hydrogens is 334 g/mol. The van der Waals surface area contributed by atoms with E-state index in [9.17, 15) is 9.59 Å². The van der Waals surface area contributed by atoms with E-state index in [4.69, 9.17) is 9.47 Å². The maximum absolute atomic E-state index is 12.5. The predicted molar refractivity (Wildman–Crippen MR) is 95.2 cm³/mol. The second-order valence-corrected chi connectivity index (χ2v) is 8.27. The summed E-state index contributed by atoms with van der Waals surface area (Å²) < 4.78 is 10.9.